The molecule has 0 aromatic heterocycles. The third-order valence-electron chi connectivity index (χ3n) is 1.95. The van der Waals surface area contributed by atoms with E-state index in [1.807, 2.05) is 0 Å². The van der Waals surface area contributed by atoms with Gasteiger partial charge >= 0.3 is 0 Å². The molecule has 1 rings (SSSR count). The monoisotopic (exact) mass is 125 g/mol. The van der Waals surface area contributed by atoms with Crippen LogP contribution in [0.15, 0.2) is 11.8 Å². The van der Waals surface area contributed by atoms with Gasteiger partial charge in [0.2, 0.25) is 0 Å². The van der Waals surface area contributed by atoms with Gasteiger partial charge in [0.25, 0.3) is 0 Å². The lowest BCUT2D eigenvalue weighted by atomic mass is 10.2. The Bertz CT molecular complexity index is 116. The van der Waals surface area contributed by atoms with Gasteiger partial charge in [-0.2, -0.15) is 0 Å². The van der Waals surface area contributed by atoms with Crippen molar-refractivity contribution >= 4 is 0 Å². The molecular weight excluding hydrogens is 110 g/mol. The zero-order chi connectivity index (χ0) is 6.69. The summed E-state index contributed by atoms with van der Waals surface area (Å²) in [5.41, 5.74) is 1.46. The topological polar surface area (TPSA) is 3.24 Å². The fourth-order valence-electron chi connectivity index (χ4n) is 1.31. The van der Waals surface area contributed by atoms with Gasteiger partial charge in [-0.1, -0.05) is 6.08 Å². The normalized spacial score (nSPS) is 19.8. The van der Waals surface area contributed by atoms with E-state index in [1.165, 1.54) is 31.6 Å². The lowest BCUT2D eigenvalue weighted by Crippen LogP contribution is -2.24. The molecule has 0 amide bonds. The molecule has 1 heterocycles. The van der Waals surface area contributed by atoms with E-state index in [0.29, 0.717) is 0 Å². The molecule has 52 valence electrons. The van der Waals surface area contributed by atoms with E-state index < -0.39 is 0 Å². The average Bonchev–Trinajstić information content (AvgIpc) is 1.89. The van der Waals surface area contributed by atoms with E-state index in [-0.39, 0.29) is 0 Å². The highest BCUT2D eigenvalue weighted by Gasteiger charge is 2.05. The van der Waals surface area contributed by atoms with Crippen molar-refractivity contribution in [2.75, 3.05) is 13.1 Å². The van der Waals surface area contributed by atoms with E-state index in [0.717, 1.165) is 0 Å². The van der Waals surface area contributed by atoms with Crippen LogP contribution in [-0.4, -0.2) is 18.0 Å². The first-order chi connectivity index (χ1) is 4.34. The molecular formula is C8H15N. The maximum absolute atomic E-state index is 2.42. The molecule has 0 saturated heterocycles. The summed E-state index contributed by atoms with van der Waals surface area (Å²) in [5.74, 6) is 0. The first kappa shape index (κ1) is 6.66. The molecule has 0 aliphatic carbocycles. The summed E-state index contributed by atoms with van der Waals surface area (Å²) < 4.78 is 0. The second-order valence-corrected chi connectivity index (χ2v) is 2.57. The number of hydrogen-bond acceptors (Lipinski definition) is 1. The molecule has 0 N–H and O–H groups in total. The Kier molecular flexibility index (Phi) is 2.15. The Morgan fingerprint density at radius 1 is 1.67 bits per heavy atom. The van der Waals surface area contributed by atoms with Gasteiger partial charge < -0.3 is 4.90 Å². The zero-order valence-electron chi connectivity index (χ0n) is 6.35. The first-order valence-electron chi connectivity index (χ1n) is 3.76. The van der Waals surface area contributed by atoms with Crippen molar-refractivity contribution in [3.8, 4) is 0 Å². The van der Waals surface area contributed by atoms with Crippen LogP contribution in [-0.2, 0) is 0 Å². The molecule has 0 spiro atoms. The second kappa shape index (κ2) is 2.90. The third-order valence-corrected chi connectivity index (χ3v) is 1.95. The maximum Gasteiger partial charge on any atom is 0.0177 e. The zero-order valence-corrected chi connectivity index (χ0v) is 6.35. The Balaban J connectivity index is 2.50. The van der Waals surface area contributed by atoms with Crippen molar-refractivity contribution in [3.63, 3.8) is 0 Å². The van der Waals surface area contributed by atoms with Crippen molar-refractivity contribution in [1.29, 1.82) is 0 Å². The summed E-state index contributed by atoms with van der Waals surface area (Å²) in [5, 5.41) is 0. The van der Waals surface area contributed by atoms with Crippen molar-refractivity contribution in [1.82, 2.24) is 4.90 Å². The fourth-order valence-corrected chi connectivity index (χ4v) is 1.31. The van der Waals surface area contributed by atoms with E-state index in [4.69, 9.17) is 0 Å². The van der Waals surface area contributed by atoms with Gasteiger partial charge in [0.1, 0.15) is 0 Å². The molecule has 0 saturated carbocycles. The maximum atomic E-state index is 2.42. The molecule has 0 unspecified atom stereocenters. The molecule has 1 aliphatic rings. The number of rotatable bonds is 1. The van der Waals surface area contributed by atoms with Crippen molar-refractivity contribution in [3.05, 3.63) is 11.8 Å². The predicted octanol–water partition coefficient (Wildman–Crippen LogP) is 2.01. The van der Waals surface area contributed by atoms with Crippen LogP contribution in [0.2, 0.25) is 0 Å². The highest BCUT2D eigenvalue weighted by Crippen LogP contribution is 2.12. The molecule has 0 atom stereocenters. The number of allylic oxidation sites excluding steroid dienone is 2. The highest BCUT2D eigenvalue weighted by atomic mass is 15.1. The third kappa shape index (κ3) is 1.47. The Labute approximate surface area is 57.4 Å². The SMILES string of the molecule is CCN1CCCC=C1C. The highest BCUT2D eigenvalue weighted by molar-refractivity contribution is 5.00. The molecule has 1 nitrogen and oxygen atoms in total. The fraction of sp³-hybridized carbons (Fsp3) is 0.750. The van der Waals surface area contributed by atoms with Gasteiger partial charge in [0, 0.05) is 18.8 Å². The van der Waals surface area contributed by atoms with Crippen LogP contribution >= 0.6 is 0 Å². The average molecular weight is 125 g/mol. The molecule has 0 aromatic carbocycles. The van der Waals surface area contributed by atoms with Crippen LogP contribution in [0.4, 0.5) is 0 Å². The quantitative estimate of drug-likeness (QED) is 0.518. The van der Waals surface area contributed by atoms with Gasteiger partial charge in [-0.05, 0) is 26.7 Å². The summed E-state index contributed by atoms with van der Waals surface area (Å²) >= 11 is 0. The van der Waals surface area contributed by atoms with Crippen LogP contribution in [0.25, 0.3) is 0 Å². The van der Waals surface area contributed by atoms with Crippen LogP contribution < -0.4 is 0 Å². The molecule has 1 aliphatic heterocycles. The Hall–Kier alpha value is -0.460. The lowest BCUT2D eigenvalue weighted by molar-refractivity contribution is 0.340. The van der Waals surface area contributed by atoms with Crippen LogP contribution in [0.5, 0.6) is 0 Å². The number of nitrogens with zero attached hydrogens (tertiary/aromatic N) is 1. The van der Waals surface area contributed by atoms with Gasteiger partial charge in [-0.25, -0.2) is 0 Å². The molecule has 0 bridgehead atoms. The van der Waals surface area contributed by atoms with E-state index >= 15 is 0 Å². The van der Waals surface area contributed by atoms with Crippen LogP contribution in [0, 0.1) is 0 Å². The minimum absolute atomic E-state index is 1.17. The molecule has 9 heavy (non-hydrogen) atoms. The first-order valence-corrected chi connectivity index (χ1v) is 3.76. The van der Waals surface area contributed by atoms with Crippen molar-refractivity contribution in [2.45, 2.75) is 26.7 Å². The molecule has 1 heteroatoms. The van der Waals surface area contributed by atoms with Crippen molar-refractivity contribution < 1.29 is 0 Å². The molecule has 0 aromatic rings. The van der Waals surface area contributed by atoms with Crippen molar-refractivity contribution in [2.24, 2.45) is 0 Å². The summed E-state index contributed by atoms with van der Waals surface area (Å²) in [6.45, 7) is 6.84. The Morgan fingerprint density at radius 3 is 2.89 bits per heavy atom. The van der Waals surface area contributed by atoms with Gasteiger partial charge in [0.05, 0.1) is 0 Å². The molecule has 0 radical (unpaired) electrons. The van der Waals surface area contributed by atoms with Gasteiger partial charge in [0.15, 0.2) is 0 Å². The standard InChI is InChI=1S/C8H15N/c1-3-9-7-5-4-6-8(9)2/h6H,3-5,7H2,1-2H3. The predicted molar refractivity (Wildman–Crippen MR) is 40.2 cm³/mol. The van der Waals surface area contributed by atoms with Crippen LogP contribution in [0.1, 0.15) is 26.7 Å². The van der Waals surface area contributed by atoms with E-state index in [2.05, 4.69) is 24.8 Å². The van der Waals surface area contributed by atoms with E-state index in [1.54, 1.807) is 0 Å². The summed E-state index contributed by atoms with van der Waals surface area (Å²) in [4.78, 5) is 2.42. The minimum atomic E-state index is 1.17. The van der Waals surface area contributed by atoms with E-state index in [9.17, 15) is 0 Å². The minimum Gasteiger partial charge on any atom is -0.376 e. The molecule has 0 fully saturated rings. The largest absolute Gasteiger partial charge is 0.376 e. The summed E-state index contributed by atoms with van der Waals surface area (Å²) in [7, 11) is 0. The second-order valence-electron chi connectivity index (χ2n) is 2.57. The number of hydrogen-bond donors (Lipinski definition) is 0. The smallest absolute Gasteiger partial charge is 0.0177 e. The van der Waals surface area contributed by atoms with Crippen LogP contribution in [0.3, 0.4) is 0 Å². The summed E-state index contributed by atoms with van der Waals surface area (Å²) in [6, 6.07) is 0. The Morgan fingerprint density at radius 2 is 2.44 bits per heavy atom. The summed E-state index contributed by atoms with van der Waals surface area (Å²) in [6.07, 6.45) is 4.94. The van der Waals surface area contributed by atoms with Gasteiger partial charge in [-0.3, -0.25) is 0 Å². The lowest BCUT2D eigenvalue weighted by Gasteiger charge is -2.26. The van der Waals surface area contributed by atoms with Gasteiger partial charge in [-0.15, -0.1) is 0 Å².